The summed E-state index contributed by atoms with van der Waals surface area (Å²) in [6.45, 7) is 0. The molecular formula is C10H8N4O2S. The van der Waals surface area contributed by atoms with Crippen LogP contribution >= 0.6 is 0 Å². The number of rotatable bonds is 3. The van der Waals surface area contributed by atoms with Gasteiger partial charge in [-0.3, -0.25) is 5.43 Å². The lowest BCUT2D eigenvalue weighted by atomic mass is 10.3. The van der Waals surface area contributed by atoms with Crippen LogP contribution in [0, 0.1) is 22.7 Å². The molecule has 0 saturated carbocycles. The Bertz CT molecular complexity index is 602. The molecule has 1 rings (SSSR count). The maximum absolute atomic E-state index is 11.2. The van der Waals surface area contributed by atoms with Crippen LogP contribution in [0.25, 0.3) is 0 Å². The molecule has 0 bridgehead atoms. The second-order valence-electron chi connectivity index (χ2n) is 3.09. The summed E-state index contributed by atoms with van der Waals surface area (Å²) in [5.41, 5.74) is 2.65. The van der Waals surface area contributed by atoms with Gasteiger partial charge in [0.05, 0.1) is 10.6 Å². The zero-order valence-electron chi connectivity index (χ0n) is 8.88. The van der Waals surface area contributed by atoms with Gasteiger partial charge in [-0.2, -0.15) is 15.6 Å². The third-order valence-corrected chi connectivity index (χ3v) is 2.92. The van der Waals surface area contributed by atoms with E-state index in [1.54, 1.807) is 12.1 Å². The van der Waals surface area contributed by atoms with Gasteiger partial charge in [0.25, 0.3) is 0 Å². The number of nitrogens with zero attached hydrogens (tertiary/aromatic N) is 3. The number of benzene rings is 1. The Hall–Kier alpha value is -2.38. The number of sulfone groups is 1. The maximum Gasteiger partial charge on any atom is 0.237 e. The van der Waals surface area contributed by atoms with Gasteiger partial charge in [0.15, 0.2) is 9.84 Å². The second-order valence-corrected chi connectivity index (χ2v) is 5.11. The average molecular weight is 248 g/mol. The molecule has 0 fully saturated rings. The average Bonchev–Trinajstić information content (AvgIpc) is 2.30. The Labute approximate surface area is 98.7 Å². The molecule has 86 valence electrons. The van der Waals surface area contributed by atoms with E-state index in [-0.39, 0.29) is 10.6 Å². The van der Waals surface area contributed by atoms with E-state index in [4.69, 9.17) is 10.5 Å². The molecule has 7 heteroatoms. The van der Waals surface area contributed by atoms with Crippen LogP contribution in [0.4, 0.5) is 5.69 Å². The molecule has 1 N–H and O–H groups in total. The summed E-state index contributed by atoms with van der Waals surface area (Å²) in [6, 6.07) is 8.98. The number of nitrogens with one attached hydrogen (secondary N) is 1. The highest BCUT2D eigenvalue weighted by molar-refractivity contribution is 7.90. The van der Waals surface area contributed by atoms with E-state index in [1.807, 2.05) is 0 Å². The van der Waals surface area contributed by atoms with Gasteiger partial charge in [-0.1, -0.05) is 0 Å². The van der Waals surface area contributed by atoms with Gasteiger partial charge in [-0.15, -0.1) is 0 Å². The molecule has 0 aliphatic rings. The van der Waals surface area contributed by atoms with Crippen molar-refractivity contribution in [2.24, 2.45) is 5.10 Å². The molecule has 1 aromatic rings. The van der Waals surface area contributed by atoms with E-state index in [9.17, 15) is 8.42 Å². The van der Waals surface area contributed by atoms with Crippen molar-refractivity contribution < 1.29 is 8.42 Å². The lowest BCUT2D eigenvalue weighted by Gasteiger charge is -2.01. The van der Waals surface area contributed by atoms with Crippen LogP contribution in [-0.2, 0) is 9.84 Å². The predicted octanol–water partition coefficient (Wildman–Crippen LogP) is 0.905. The molecule has 0 amide bonds. The topological polar surface area (TPSA) is 106 Å². The van der Waals surface area contributed by atoms with Crippen molar-refractivity contribution in [2.75, 3.05) is 11.7 Å². The van der Waals surface area contributed by atoms with Gasteiger partial charge in [0.1, 0.15) is 12.1 Å². The summed E-state index contributed by atoms with van der Waals surface area (Å²) >= 11 is 0. The van der Waals surface area contributed by atoms with Crippen LogP contribution < -0.4 is 5.43 Å². The molecule has 1 aromatic carbocycles. The van der Waals surface area contributed by atoms with Crippen molar-refractivity contribution in [1.29, 1.82) is 10.5 Å². The number of nitriles is 2. The fourth-order valence-electron chi connectivity index (χ4n) is 0.972. The van der Waals surface area contributed by atoms with Crippen molar-refractivity contribution in [3.05, 3.63) is 24.3 Å². The molecule has 0 unspecified atom stereocenters. The van der Waals surface area contributed by atoms with Gasteiger partial charge in [-0.05, 0) is 24.3 Å². The van der Waals surface area contributed by atoms with E-state index in [0.717, 1.165) is 6.26 Å². The summed E-state index contributed by atoms with van der Waals surface area (Å²) in [6.07, 6.45) is 1.11. The molecule has 0 atom stereocenters. The highest BCUT2D eigenvalue weighted by Crippen LogP contribution is 2.13. The van der Waals surface area contributed by atoms with E-state index in [1.165, 1.54) is 24.3 Å². The standard InChI is InChI=1S/C10H8N4O2S/c1-17(15,16)10-4-2-8(3-5-10)13-14-9(6-11)7-12/h2-5,13H,1H3. The lowest BCUT2D eigenvalue weighted by Crippen LogP contribution is -1.98. The van der Waals surface area contributed by atoms with Crippen LogP contribution in [0.1, 0.15) is 0 Å². The Kier molecular flexibility index (Phi) is 3.81. The summed E-state index contributed by atoms with van der Waals surface area (Å²) in [7, 11) is -3.23. The van der Waals surface area contributed by atoms with E-state index >= 15 is 0 Å². The van der Waals surface area contributed by atoms with Crippen LogP contribution in [0.2, 0.25) is 0 Å². The zero-order chi connectivity index (χ0) is 12.9. The molecule has 17 heavy (non-hydrogen) atoms. The molecule has 0 aliphatic heterocycles. The van der Waals surface area contributed by atoms with Crippen LogP contribution in [0.3, 0.4) is 0 Å². The summed E-state index contributed by atoms with van der Waals surface area (Å²) in [4.78, 5) is 0.188. The van der Waals surface area contributed by atoms with Gasteiger partial charge >= 0.3 is 0 Å². The minimum Gasteiger partial charge on any atom is -0.277 e. The highest BCUT2D eigenvalue weighted by Gasteiger charge is 2.05. The van der Waals surface area contributed by atoms with Crippen molar-refractivity contribution in [2.45, 2.75) is 4.90 Å². The number of hydrazone groups is 1. The zero-order valence-corrected chi connectivity index (χ0v) is 9.69. The third kappa shape index (κ3) is 3.59. The fourth-order valence-corrected chi connectivity index (χ4v) is 1.60. The molecule has 0 saturated heterocycles. The Balaban J connectivity index is 2.89. The number of hydrogen-bond acceptors (Lipinski definition) is 6. The summed E-state index contributed by atoms with van der Waals surface area (Å²) in [5, 5.41) is 20.4. The van der Waals surface area contributed by atoms with Gasteiger partial charge in [0.2, 0.25) is 5.71 Å². The van der Waals surface area contributed by atoms with Gasteiger partial charge in [-0.25, -0.2) is 8.42 Å². The number of hydrogen-bond donors (Lipinski definition) is 1. The molecule has 0 aliphatic carbocycles. The van der Waals surface area contributed by atoms with Crippen molar-refractivity contribution in [3.63, 3.8) is 0 Å². The third-order valence-electron chi connectivity index (χ3n) is 1.79. The molecule has 6 nitrogen and oxygen atoms in total. The molecule has 0 radical (unpaired) electrons. The minimum absolute atomic E-state index is 0.188. The van der Waals surface area contributed by atoms with Crippen LogP contribution in [-0.4, -0.2) is 20.4 Å². The molecule has 0 spiro atoms. The Morgan fingerprint density at radius 3 is 2.18 bits per heavy atom. The molecular weight excluding hydrogens is 240 g/mol. The quantitative estimate of drug-likeness (QED) is 0.632. The summed E-state index contributed by atoms with van der Waals surface area (Å²) < 4.78 is 22.3. The SMILES string of the molecule is CS(=O)(=O)c1ccc(NN=C(C#N)C#N)cc1. The lowest BCUT2D eigenvalue weighted by molar-refractivity contribution is 0.602. The minimum atomic E-state index is -3.23. The van der Waals surface area contributed by atoms with Gasteiger partial charge < -0.3 is 0 Å². The largest absolute Gasteiger partial charge is 0.277 e. The Morgan fingerprint density at radius 2 is 1.76 bits per heavy atom. The monoisotopic (exact) mass is 248 g/mol. The van der Waals surface area contributed by atoms with Crippen molar-refractivity contribution in [1.82, 2.24) is 0 Å². The number of anilines is 1. The second kappa shape index (κ2) is 5.10. The first kappa shape index (κ1) is 12.7. The molecule has 0 aromatic heterocycles. The van der Waals surface area contributed by atoms with Crippen LogP contribution in [0.15, 0.2) is 34.3 Å². The van der Waals surface area contributed by atoms with Crippen LogP contribution in [0.5, 0.6) is 0 Å². The summed E-state index contributed by atoms with van der Waals surface area (Å²) in [5.74, 6) is 0. The highest BCUT2D eigenvalue weighted by atomic mass is 32.2. The van der Waals surface area contributed by atoms with Gasteiger partial charge in [0, 0.05) is 6.26 Å². The van der Waals surface area contributed by atoms with Crippen molar-refractivity contribution in [3.8, 4) is 12.1 Å². The van der Waals surface area contributed by atoms with Crippen molar-refractivity contribution >= 4 is 21.2 Å². The first-order valence-electron chi connectivity index (χ1n) is 4.41. The fraction of sp³-hybridized carbons (Fsp3) is 0.100. The predicted molar refractivity (Wildman–Crippen MR) is 61.8 cm³/mol. The smallest absolute Gasteiger partial charge is 0.237 e. The Morgan fingerprint density at radius 1 is 1.24 bits per heavy atom. The van der Waals surface area contributed by atoms with E-state index < -0.39 is 9.84 Å². The first-order valence-corrected chi connectivity index (χ1v) is 6.30. The van der Waals surface area contributed by atoms with E-state index in [2.05, 4.69) is 10.5 Å². The van der Waals surface area contributed by atoms with E-state index in [0.29, 0.717) is 5.69 Å². The maximum atomic E-state index is 11.2. The first-order chi connectivity index (χ1) is 7.97. The molecule has 0 heterocycles. The normalized spacial score (nSPS) is 9.82.